The number of azide groups is 1. The van der Waals surface area contributed by atoms with Gasteiger partial charge < -0.3 is 15.6 Å². The summed E-state index contributed by atoms with van der Waals surface area (Å²) in [6.07, 6.45) is 1.79. The Morgan fingerprint density at radius 3 is 2.56 bits per heavy atom. The summed E-state index contributed by atoms with van der Waals surface area (Å²) < 4.78 is 34.7. The van der Waals surface area contributed by atoms with Gasteiger partial charge in [-0.15, -0.1) is 0 Å². The Morgan fingerprint density at radius 1 is 1.31 bits per heavy atom. The molecule has 1 aliphatic rings. The molecular weight excluding hydrogens is 436 g/mol. The molecule has 1 aromatic carbocycles. The third kappa shape index (κ3) is 5.63. The Bertz CT molecular complexity index is 1090. The molecule has 0 spiro atoms. The molecule has 0 fully saturated rings. The fraction of sp³-hybridized carbons (Fsp3) is 0.600. The molecule has 0 radical (unpaired) electrons. The van der Waals surface area contributed by atoms with Gasteiger partial charge in [0.2, 0.25) is 5.96 Å². The van der Waals surface area contributed by atoms with Crippen LogP contribution in [-0.4, -0.2) is 43.6 Å². The lowest BCUT2D eigenvalue weighted by molar-refractivity contribution is -0.138. The van der Waals surface area contributed by atoms with Crippen molar-refractivity contribution in [2.24, 2.45) is 15.8 Å². The quantitative estimate of drug-likeness (QED) is 0.132. The second-order valence-electron chi connectivity index (χ2n) is 8.45. The van der Waals surface area contributed by atoms with Crippen molar-refractivity contribution in [1.29, 1.82) is 0 Å². The zero-order chi connectivity index (χ0) is 24.3. The molecule has 4 N–H and O–H groups in total. The van der Waals surface area contributed by atoms with E-state index in [4.69, 9.17) is 21.1 Å². The zero-order valence-electron chi connectivity index (χ0n) is 19.0. The van der Waals surface area contributed by atoms with Crippen LogP contribution in [0.25, 0.3) is 10.4 Å². The first kappa shape index (κ1) is 25.3. The van der Waals surface area contributed by atoms with E-state index in [1.165, 1.54) is 0 Å². The van der Waals surface area contributed by atoms with Crippen LogP contribution < -0.4 is 15.2 Å². The number of rotatable bonds is 8. The molecule has 176 valence electrons. The molecule has 0 aliphatic carbocycles. The van der Waals surface area contributed by atoms with Crippen molar-refractivity contribution in [2.75, 3.05) is 6.54 Å². The molecule has 0 saturated carbocycles. The minimum Gasteiger partial charge on any atom is -0.487 e. The Hall–Kier alpha value is -2.98. The fourth-order valence-electron chi connectivity index (χ4n) is 3.75. The number of aliphatic carboxylic acids is 1. The Labute approximate surface area is 187 Å². The van der Waals surface area contributed by atoms with E-state index in [9.17, 15) is 13.2 Å². The number of aliphatic imine (C=N–C) groups is 1. The van der Waals surface area contributed by atoms with Gasteiger partial charge in [-0.2, -0.15) is 0 Å². The summed E-state index contributed by atoms with van der Waals surface area (Å²) in [5, 5.41) is 12.1. The first-order valence-electron chi connectivity index (χ1n) is 10.2. The summed E-state index contributed by atoms with van der Waals surface area (Å²) in [6.45, 7) is 9.43. The highest BCUT2D eigenvalue weighted by Crippen LogP contribution is 2.42. The number of benzene rings is 1. The van der Waals surface area contributed by atoms with Crippen LogP contribution in [0.1, 0.15) is 55.4 Å². The standard InChI is InChI=1S/C20H30N6O5S/c1-11-12(2)17(13(3)14-8-9-20(4,5)31-16(11)14)32(29,30)25-19(21)23-10-6-7-15(18(27)28)24-26-22/h15H,6-10H2,1-5H3,(H,27,28)(H3,21,23,25)/t15-/m0/s1. The number of carbonyl (C=O) groups is 1. The van der Waals surface area contributed by atoms with Gasteiger partial charge in [-0.05, 0) is 88.1 Å². The van der Waals surface area contributed by atoms with Crippen LogP contribution in [0.2, 0.25) is 0 Å². The molecule has 1 aromatic rings. The van der Waals surface area contributed by atoms with Gasteiger partial charge in [-0.3, -0.25) is 9.79 Å². The first-order valence-corrected chi connectivity index (χ1v) is 11.7. The summed E-state index contributed by atoms with van der Waals surface area (Å²) >= 11 is 0. The summed E-state index contributed by atoms with van der Waals surface area (Å²) in [5.41, 5.74) is 16.7. The molecule has 1 heterocycles. The highest BCUT2D eigenvalue weighted by Gasteiger charge is 2.33. The van der Waals surface area contributed by atoms with E-state index in [0.29, 0.717) is 17.5 Å². The van der Waals surface area contributed by atoms with Crippen molar-refractivity contribution >= 4 is 22.0 Å². The minimum absolute atomic E-state index is 0.0570. The molecule has 11 nitrogen and oxygen atoms in total. The summed E-state index contributed by atoms with van der Waals surface area (Å²) in [7, 11) is -4.00. The van der Waals surface area contributed by atoms with Crippen LogP contribution in [0, 0.1) is 20.8 Å². The maximum Gasteiger partial charge on any atom is 0.312 e. The maximum absolute atomic E-state index is 13.1. The average molecular weight is 467 g/mol. The van der Waals surface area contributed by atoms with Crippen molar-refractivity contribution in [2.45, 2.75) is 76.8 Å². The lowest BCUT2D eigenvalue weighted by atomic mass is 9.88. The molecule has 1 aliphatic heterocycles. The van der Waals surface area contributed by atoms with E-state index in [0.717, 1.165) is 23.3 Å². The fourth-order valence-corrected chi connectivity index (χ4v) is 5.27. The van der Waals surface area contributed by atoms with Gasteiger partial charge >= 0.3 is 5.97 Å². The summed E-state index contributed by atoms with van der Waals surface area (Å²) in [4.78, 5) is 17.6. The van der Waals surface area contributed by atoms with Gasteiger partial charge in [-0.25, -0.2) is 13.1 Å². The smallest absolute Gasteiger partial charge is 0.312 e. The number of hydrogen-bond donors (Lipinski definition) is 3. The summed E-state index contributed by atoms with van der Waals surface area (Å²) in [6, 6.07) is -1.20. The second kappa shape index (κ2) is 9.66. The number of nitrogens with one attached hydrogen (secondary N) is 1. The van der Waals surface area contributed by atoms with Crippen LogP contribution in [0.3, 0.4) is 0 Å². The lowest BCUT2D eigenvalue weighted by Crippen LogP contribution is -2.38. The van der Waals surface area contributed by atoms with Gasteiger partial charge in [0, 0.05) is 11.5 Å². The largest absolute Gasteiger partial charge is 0.487 e. The SMILES string of the molecule is Cc1c(C)c(S(=O)(=O)NC(N)=NCCC[C@H](N=[N+]=[N-])C(=O)O)c(C)c2c1OC(C)(C)CC2. The van der Waals surface area contributed by atoms with E-state index in [2.05, 4.69) is 19.7 Å². The monoisotopic (exact) mass is 466 g/mol. The molecule has 12 heteroatoms. The molecule has 0 bridgehead atoms. The number of nitrogens with zero attached hydrogens (tertiary/aromatic N) is 4. The van der Waals surface area contributed by atoms with Crippen molar-refractivity contribution in [3.63, 3.8) is 0 Å². The molecule has 0 amide bonds. The third-order valence-corrected chi connectivity index (χ3v) is 7.20. The molecule has 0 aromatic heterocycles. The number of carboxylic acids is 1. The highest BCUT2D eigenvalue weighted by atomic mass is 32.2. The van der Waals surface area contributed by atoms with E-state index >= 15 is 0 Å². The number of guanidine groups is 1. The third-order valence-electron chi connectivity index (χ3n) is 5.57. The Morgan fingerprint density at radius 2 is 1.97 bits per heavy atom. The molecule has 0 saturated heterocycles. The normalized spacial score (nSPS) is 16.3. The van der Waals surface area contributed by atoms with Gasteiger partial charge in [0.1, 0.15) is 17.4 Å². The number of ether oxygens (including phenoxy) is 1. The number of carboxylic acid groups (broad SMARTS) is 1. The Kier molecular flexibility index (Phi) is 7.63. The lowest BCUT2D eigenvalue weighted by Gasteiger charge is -2.35. The summed E-state index contributed by atoms with van der Waals surface area (Å²) in [5.74, 6) is -0.793. The van der Waals surface area contributed by atoms with Gasteiger partial charge in [-0.1, -0.05) is 5.11 Å². The van der Waals surface area contributed by atoms with Crippen LogP contribution in [-0.2, 0) is 21.2 Å². The number of sulfonamides is 1. The highest BCUT2D eigenvalue weighted by molar-refractivity contribution is 7.90. The predicted molar refractivity (Wildman–Crippen MR) is 120 cm³/mol. The van der Waals surface area contributed by atoms with Gasteiger partial charge in [0.15, 0.2) is 0 Å². The van der Waals surface area contributed by atoms with Gasteiger partial charge in [0.05, 0.1) is 4.90 Å². The van der Waals surface area contributed by atoms with E-state index in [1.807, 2.05) is 20.8 Å². The molecule has 0 unspecified atom stereocenters. The predicted octanol–water partition coefficient (Wildman–Crippen LogP) is 2.85. The van der Waals surface area contributed by atoms with Crippen molar-refractivity contribution in [3.8, 4) is 5.75 Å². The number of fused-ring (bicyclic) bond motifs is 1. The topological polar surface area (TPSA) is 180 Å². The van der Waals surface area contributed by atoms with E-state index in [1.54, 1.807) is 13.8 Å². The van der Waals surface area contributed by atoms with E-state index in [-0.39, 0.29) is 35.8 Å². The molecule has 32 heavy (non-hydrogen) atoms. The number of nitrogens with two attached hydrogens (primary N) is 1. The number of hydrogen-bond acceptors (Lipinski definition) is 6. The van der Waals surface area contributed by atoms with Crippen molar-refractivity contribution in [1.82, 2.24) is 4.72 Å². The first-order chi connectivity index (χ1) is 14.8. The van der Waals surface area contributed by atoms with Crippen LogP contribution in [0.5, 0.6) is 5.75 Å². The maximum atomic E-state index is 13.1. The van der Waals surface area contributed by atoms with E-state index < -0.39 is 22.0 Å². The van der Waals surface area contributed by atoms with Gasteiger partial charge in [0.25, 0.3) is 10.0 Å². The second-order valence-corrected chi connectivity index (χ2v) is 10.1. The van der Waals surface area contributed by atoms with Crippen molar-refractivity contribution in [3.05, 3.63) is 32.7 Å². The average Bonchev–Trinajstić information content (AvgIpc) is 2.67. The minimum atomic E-state index is -4.00. The molecule has 2 rings (SSSR count). The zero-order valence-corrected chi connectivity index (χ0v) is 19.8. The van der Waals surface area contributed by atoms with Crippen LogP contribution in [0.4, 0.5) is 0 Å². The van der Waals surface area contributed by atoms with Crippen LogP contribution >= 0.6 is 0 Å². The molecule has 1 atom stereocenters. The van der Waals surface area contributed by atoms with Crippen molar-refractivity contribution < 1.29 is 23.1 Å². The van der Waals surface area contributed by atoms with Crippen LogP contribution in [0.15, 0.2) is 15.0 Å². The Balaban J connectivity index is 2.22. The molecular formula is C20H30N6O5S.